The number of anilines is 1. The van der Waals surface area contributed by atoms with Crippen LogP contribution in [-0.4, -0.2) is 33.2 Å². The molecular weight excluding hydrogens is 384 g/mol. The molecule has 29 heavy (non-hydrogen) atoms. The molecule has 1 heterocycles. The molecule has 0 aliphatic carbocycles. The van der Waals surface area contributed by atoms with Gasteiger partial charge in [0, 0.05) is 18.2 Å². The predicted octanol–water partition coefficient (Wildman–Crippen LogP) is 3.52. The summed E-state index contributed by atoms with van der Waals surface area (Å²) in [5.41, 5.74) is 3.33. The second-order valence-electron chi connectivity index (χ2n) is 7.60. The van der Waals surface area contributed by atoms with Crippen LogP contribution in [0.4, 0.5) is 5.69 Å². The van der Waals surface area contributed by atoms with Crippen molar-refractivity contribution in [2.75, 3.05) is 17.1 Å². The van der Waals surface area contributed by atoms with E-state index in [2.05, 4.69) is 29.6 Å². The van der Waals surface area contributed by atoms with Crippen LogP contribution in [-0.2, 0) is 22.9 Å². The normalized spacial score (nSPS) is 16.1. The highest BCUT2D eigenvalue weighted by Gasteiger charge is 2.32. The van der Waals surface area contributed by atoms with Gasteiger partial charge in [0.25, 0.3) is 5.91 Å². The third-order valence-corrected chi connectivity index (χ3v) is 6.68. The Labute approximate surface area is 171 Å². The largest absolute Gasteiger partial charge is 0.352 e. The Kier molecular flexibility index (Phi) is 5.04. The van der Waals surface area contributed by atoms with Crippen molar-refractivity contribution in [3.63, 3.8) is 0 Å². The monoisotopic (exact) mass is 408 g/mol. The molecule has 1 aliphatic rings. The van der Waals surface area contributed by atoms with Gasteiger partial charge in [-0.25, -0.2) is 8.42 Å². The average Bonchev–Trinajstić information content (AvgIpc) is 3.03. The van der Waals surface area contributed by atoms with Crippen LogP contribution in [0.25, 0.3) is 10.8 Å². The lowest BCUT2D eigenvalue weighted by atomic mass is 10.0. The number of carbonyl (C=O) groups excluding carboxylic acids is 1. The molecule has 1 amide bonds. The van der Waals surface area contributed by atoms with Gasteiger partial charge in [0.2, 0.25) is 10.0 Å². The van der Waals surface area contributed by atoms with Crippen LogP contribution >= 0.6 is 0 Å². The van der Waals surface area contributed by atoms with Gasteiger partial charge in [0.1, 0.15) is 0 Å². The maximum absolute atomic E-state index is 12.6. The third-order valence-electron chi connectivity index (χ3n) is 5.41. The maximum Gasteiger partial charge on any atom is 0.251 e. The summed E-state index contributed by atoms with van der Waals surface area (Å²) >= 11 is 0. The fourth-order valence-electron chi connectivity index (χ4n) is 4.17. The van der Waals surface area contributed by atoms with Gasteiger partial charge in [-0.15, -0.1) is 0 Å². The van der Waals surface area contributed by atoms with Crippen LogP contribution in [0.15, 0.2) is 60.7 Å². The summed E-state index contributed by atoms with van der Waals surface area (Å²) in [4.78, 5) is 12.6. The minimum absolute atomic E-state index is 0.135. The number of sulfonamides is 1. The van der Waals surface area contributed by atoms with Gasteiger partial charge >= 0.3 is 0 Å². The number of hydrogen-bond acceptors (Lipinski definition) is 3. The number of benzene rings is 3. The summed E-state index contributed by atoms with van der Waals surface area (Å²) in [5, 5.41) is 5.38. The highest BCUT2D eigenvalue weighted by atomic mass is 32.2. The second-order valence-corrected chi connectivity index (χ2v) is 9.46. The summed E-state index contributed by atoms with van der Waals surface area (Å²) < 4.78 is 25.5. The maximum atomic E-state index is 12.6. The quantitative estimate of drug-likeness (QED) is 0.702. The van der Waals surface area contributed by atoms with Crippen LogP contribution in [0.1, 0.15) is 28.4 Å². The van der Waals surface area contributed by atoms with E-state index in [4.69, 9.17) is 0 Å². The molecule has 3 aromatic rings. The smallest absolute Gasteiger partial charge is 0.251 e. The first-order chi connectivity index (χ1) is 13.8. The molecule has 0 bridgehead atoms. The van der Waals surface area contributed by atoms with Crippen molar-refractivity contribution < 1.29 is 13.2 Å². The Morgan fingerprint density at radius 3 is 2.66 bits per heavy atom. The average molecular weight is 409 g/mol. The molecule has 1 unspecified atom stereocenters. The first-order valence-electron chi connectivity index (χ1n) is 9.72. The molecule has 3 aromatic carbocycles. The van der Waals surface area contributed by atoms with E-state index in [-0.39, 0.29) is 11.9 Å². The van der Waals surface area contributed by atoms with Gasteiger partial charge in [0.15, 0.2) is 0 Å². The molecule has 4 rings (SSSR count). The van der Waals surface area contributed by atoms with E-state index in [9.17, 15) is 13.2 Å². The van der Waals surface area contributed by atoms with Gasteiger partial charge in [-0.1, -0.05) is 42.5 Å². The lowest BCUT2D eigenvalue weighted by molar-refractivity contribution is 0.0954. The van der Waals surface area contributed by atoms with E-state index in [0.29, 0.717) is 24.2 Å². The summed E-state index contributed by atoms with van der Waals surface area (Å²) in [6.45, 7) is 2.42. The topological polar surface area (TPSA) is 66.5 Å². The van der Waals surface area contributed by atoms with Crippen molar-refractivity contribution in [2.45, 2.75) is 25.8 Å². The molecule has 0 aromatic heterocycles. The minimum atomic E-state index is -3.33. The third kappa shape index (κ3) is 3.85. The first kappa shape index (κ1) is 19.5. The SMILES string of the molecule is CC1Cc2cc(C(=O)NCCc3cccc4ccccc34)ccc2N1S(C)(=O)=O. The molecule has 6 heteroatoms. The summed E-state index contributed by atoms with van der Waals surface area (Å²) in [6.07, 6.45) is 2.57. The Morgan fingerprint density at radius 2 is 1.86 bits per heavy atom. The first-order valence-corrected chi connectivity index (χ1v) is 11.6. The van der Waals surface area contributed by atoms with E-state index >= 15 is 0 Å². The molecule has 1 aliphatic heterocycles. The van der Waals surface area contributed by atoms with E-state index in [1.54, 1.807) is 12.1 Å². The van der Waals surface area contributed by atoms with Crippen molar-refractivity contribution in [1.82, 2.24) is 5.32 Å². The molecule has 0 spiro atoms. The van der Waals surface area contributed by atoms with E-state index in [1.165, 1.54) is 26.9 Å². The summed E-state index contributed by atoms with van der Waals surface area (Å²) in [5.74, 6) is -0.140. The van der Waals surface area contributed by atoms with E-state index in [1.807, 2.05) is 31.2 Å². The van der Waals surface area contributed by atoms with Gasteiger partial charge in [-0.05, 0) is 59.9 Å². The van der Waals surface area contributed by atoms with Crippen molar-refractivity contribution >= 4 is 32.4 Å². The number of carbonyl (C=O) groups is 1. The molecule has 5 nitrogen and oxygen atoms in total. The Balaban J connectivity index is 1.45. The van der Waals surface area contributed by atoms with E-state index in [0.717, 1.165) is 12.0 Å². The molecular formula is C23H24N2O3S. The number of nitrogens with one attached hydrogen (secondary N) is 1. The summed E-state index contributed by atoms with van der Waals surface area (Å²) in [6, 6.07) is 19.5. The molecule has 0 radical (unpaired) electrons. The van der Waals surface area contributed by atoms with Crippen molar-refractivity contribution in [2.24, 2.45) is 0 Å². The zero-order chi connectivity index (χ0) is 20.6. The van der Waals surface area contributed by atoms with Gasteiger partial charge in [-0.3, -0.25) is 9.10 Å². The van der Waals surface area contributed by atoms with E-state index < -0.39 is 10.0 Å². The molecule has 1 N–H and O–H groups in total. The highest BCUT2D eigenvalue weighted by molar-refractivity contribution is 7.92. The number of hydrogen-bond donors (Lipinski definition) is 1. The number of amides is 1. The Bertz CT molecular complexity index is 1180. The second kappa shape index (κ2) is 7.52. The standard InChI is InChI=1S/C23H24N2O3S/c1-16-14-20-15-19(10-11-22(20)25(16)29(2,27)28)23(26)24-13-12-18-8-5-7-17-6-3-4-9-21(17)18/h3-11,15-16H,12-14H2,1-2H3,(H,24,26). The van der Waals surface area contributed by atoms with Crippen LogP contribution in [0, 0.1) is 0 Å². The van der Waals surface area contributed by atoms with Gasteiger partial charge in [0.05, 0.1) is 11.9 Å². The predicted molar refractivity (Wildman–Crippen MR) is 117 cm³/mol. The minimum Gasteiger partial charge on any atom is -0.352 e. The summed E-state index contributed by atoms with van der Waals surface area (Å²) in [7, 11) is -3.33. The zero-order valence-electron chi connectivity index (χ0n) is 16.6. The number of fused-ring (bicyclic) bond motifs is 2. The van der Waals surface area contributed by atoms with Crippen molar-refractivity contribution in [1.29, 1.82) is 0 Å². The number of nitrogens with zero attached hydrogens (tertiary/aromatic N) is 1. The van der Waals surface area contributed by atoms with Gasteiger partial charge in [-0.2, -0.15) is 0 Å². The van der Waals surface area contributed by atoms with Crippen molar-refractivity contribution in [3.8, 4) is 0 Å². The van der Waals surface area contributed by atoms with Crippen LogP contribution in [0.5, 0.6) is 0 Å². The Morgan fingerprint density at radius 1 is 1.10 bits per heavy atom. The molecule has 0 saturated heterocycles. The van der Waals surface area contributed by atoms with Crippen molar-refractivity contribution in [3.05, 3.63) is 77.4 Å². The zero-order valence-corrected chi connectivity index (χ0v) is 17.4. The fourth-order valence-corrected chi connectivity index (χ4v) is 5.44. The lowest BCUT2D eigenvalue weighted by Crippen LogP contribution is -2.34. The molecule has 0 saturated carbocycles. The molecule has 0 fully saturated rings. The van der Waals surface area contributed by atoms with Gasteiger partial charge < -0.3 is 5.32 Å². The lowest BCUT2D eigenvalue weighted by Gasteiger charge is -2.21. The van der Waals surface area contributed by atoms with Crippen LogP contribution in [0.2, 0.25) is 0 Å². The molecule has 150 valence electrons. The Hall–Kier alpha value is -2.86. The van der Waals surface area contributed by atoms with Crippen LogP contribution in [0.3, 0.4) is 0 Å². The fraction of sp³-hybridized carbons (Fsp3) is 0.261. The number of rotatable bonds is 5. The molecule has 1 atom stereocenters. The van der Waals surface area contributed by atoms with Crippen LogP contribution < -0.4 is 9.62 Å². The highest BCUT2D eigenvalue weighted by Crippen LogP contribution is 2.34.